The molecule has 17 heavy (non-hydrogen) atoms. The van der Waals surface area contributed by atoms with Gasteiger partial charge in [0.15, 0.2) is 0 Å². The van der Waals surface area contributed by atoms with E-state index in [0.717, 1.165) is 10.3 Å². The summed E-state index contributed by atoms with van der Waals surface area (Å²) in [6, 6.07) is 3.53. The van der Waals surface area contributed by atoms with Crippen LogP contribution in [0.3, 0.4) is 0 Å². The van der Waals surface area contributed by atoms with E-state index in [1.807, 2.05) is 6.92 Å². The highest BCUT2D eigenvalue weighted by Gasteiger charge is 2.16. The van der Waals surface area contributed by atoms with Gasteiger partial charge >= 0.3 is 5.69 Å². The third-order valence-corrected chi connectivity index (χ3v) is 2.94. The Morgan fingerprint density at radius 3 is 2.24 bits per heavy atom. The molecule has 90 valence electrons. The van der Waals surface area contributed by atoms with Gasteiger partial charge in [0, 0.05) is 19.8 Å². The van der Waals surface area contributed by atoms with Gasteiger partial charge in [-0.1, -0.05) is 0 Å². The molecule has 2 aromatic rings. The summed E-state index contributed by atoms with van der Waals surface area (Å²) in [5, 5.41) is 0. The zero-order chi connectivity index (χ0) is 12.7. The fraction of sp³-hybridized carbons (Fsp3) is 0.333. The number of hydrogen-bond donors (Lipinski definition) is 0. The van der Waals surface area contributed by atoms with Crippen LogP contribution in [0.15, 0.2) is 26.1 Å². The maximum Gasteiger partial charge on any atom is 0.330 e. The number of rotatable bonds is 1. The van der Waals surface area contributed by atoms with Gasteiger partial charge in [-0.05, 0) is 26.0 Å². The van der Waals surface area contributed by atoms with Gasteiger partial charge in [-0.3, -0.25) is 9.36 Å². The van der Waals surface area contributed by atoms with Crippen molar-refractivity contribution >= 4 is 0 Å². The standard InChI is InChI=1S/C12H14N2O3/c1-7-5-6-9(17-7)10-8(2)13(3)12(16)14(4)11(10)15/h5-6H,1-4H3. The van der Waals surface area contributed by atoms with E-state index in [-0.39, 0.29) is 11.2 Å². The summed E-state index contributed by atoms with van der Waals surface area (Å²) in [6.07, 6.45) is 0. The molecule has 2 rings (SSSR count). The Hall–Kier alpha value is -2.04. The minimum atomic E-state index is -0.334. The third kappa shape index (κ3) is 1.63. The van der Waals surface area contributed by atoms with Crippen molar-refractivity contribution in [1.29, 1.82) is 0 Å². The fourth-order valence-electron chi connectivity index (χ4n) is 1.80. The second-order valence-corrected chi connectivity index (χ2v) is 4.08. The number of aryl methyl sites for hydroxylation is 1. The topological polar surface area (TPSA) is 57.1 Å². The van der Waals surface area contributed by atoms with Gasteiger partial charge in [0.2, 0.25) is 0 Å². The molecule has 0 aliphatic rings. The average molecular weight is 234 g/mol. The van der Waals surface area contributed by atoms with Crippen molar-refractivity contribution in [3.8, 4) is 11.3 Å². The second-order valence-electron chi connectivity index (χ2n) is 4.08. The molecular formula is C12H14N2O3. The quantitative estimate of drug-likeness (QED) is 0.738. The molecule has 5 heteroatoms. The minimum Gasteiger partial charge on any atom is -0.461 e. The first kappa shape index (κ1) is 11.4. The lowest BCUT2D eigenvalue weighted by atomic mass is 10.2. The van der Waals surface area contributed by atoms with Crippen molar-refractivity contribution in [1.82, 2.24) is 9.13 Å². The van der Waals surface area contributed by atoms with Crippen LogP contribution in [0.4, 0.5) is 0 Å². The molecule has 0 aromatic carbocycles. The smallest absolute Gasteiger partial charge is 0.330 e. The van der Waals surface area contributed by atoms with Crippen molar-refractivity contribution in [2.45, 2.75) is 13.8 Å². The Morgan fingerprint density at radius 1 is 1.06 bits per heavy atom. The highest BCUT2D eigenvalue weighted by atomic mass is 16.3. The van der Waals surface area contributed by atoms with E-state index in [1.165, 1.54) is 11.6 Å². The van der Waals surface area contributed by atoms with Gasteiger partial charge in [0.25, 0.3) is 5.56 Å². The molecule has 0 unspecified atom stereocenters. The van der Waals surface area contributed by atoms with Crippen LogP contribution in [0.25, 0.3) is 11.3 Å². The lowest BCUT2D eigenvalue weighted by Crippen LogP contribution is -2.39. The van der Waals surface area contributed by atoms with Crippen molar-refractivity contribution in [3.05, 3.63) is 44.4 Å². The normalized spacial score (nSPS) is 10.8. The summed E-state index contributed by atoms with van der Waals surface area (Å²) in [4.78, 5) is 23.8. The number of hydrogen-bond acceptors (Lipinski definition) is 3. The van der Waals surface area contributed by atoms with E-state index >= 15 is 0 Å². The SMILES string of the molecule is Cc1ccc(-c2c(C)n(C)c(=O)n(C)c2=O)o1. The van der Waals surface area contributed by atoms with Crippen LogP contribution in [0, 0.1) is 13.8 Å². The predicted molar refractivity (Wildman–Crippen MR) is 64.1 cm³/mol. The van der Waals surface area contributed by atoms with Crippen LogP contribution in [0.5, 0.6) is 0 Å². The summed E-state index contributed by atoms with van der Waals surface area (Å²) in [5.41, 5.74) is 0.370. The maximum absolute atomic E-state index is 12.1. The molecule has 0 atom stereocenters. The highest BCUT2D eigenvalue weighted by molar-refractivity contribution is 5.59. The molecule has 0 bridgehead atoms. The van der Waals surface area contributed by atoms with Crippen LogP contribution in [-0.2, 0) is 14.1 Å². The zero-order valence-corrected chi connectivity index (χ0v) is 10.3. The highest BCUT2D eigenvalue weighted by Crippen LogP contribution is 2.20. The molecular weight excluding hydrogens is 220 g/mol. The molecule has 5 nitrogen and oxygen atoms in total. The van der Waals surface area contributed by atoms with Crippen LogP contribution >= 0.6 is 0 Å². The maximum atomic E-state index is 12.1. The molecule has 0 saturated carbocycles. The first-order valence-electron chi connectivity index (χ1n) is 5.27. The van der Waals surface area contributed by atoms with E-state index in [1.54, 1.807) is 26.1 Å². The Kier molecular flexibility index (Phi) is 2.53. The molecule has 0 N–H and O–H groups in total. The molecule has 0 spiro atoms. The lowest BCUT2D eigenvalue weighted by molar-refractivity contribution is 0.543. The molecule has 0 radical (unpaired) electrons. The molecule has 2 aromatic heterocycles. The summed E-state index contributed by atoms with van der Waals surface area (Å²) in [6.45, 7) is 3.54. The second kappa shape index (κ2) is 3.76. The number of nitrogens with zero attached hydrogens (tertiary/aromatic N) is 2. The first-order valence-corrected chi connectivity index (χ1v) is 5.27. The Morgan fingerprint density at radius 2 is 1.71 bits per heavy atom. The molecule has 0 fully saturated rings. The number of aromatic nitrogens is 2. The van der Waals surface area contributed by atoms with Crippen molar-refractivity contribution in [2.24, 2.45) is 14.1 Å². The van der Waals surface area contributed by atoms with Gasteiger partial charge in [0.05, 0.1) is 0 Å². The predicted octanol–water partition coefficient (Wildman–Crippen LogP) is 0.961. The molecule has 2 heterocycles. The van der Waals surface area contributed by atoms with Gasteiger partial charge in [-0.15, -0.1) is 0 Å². The van der Waals surface area contributed by atoms with E-state index in [9.17, 15) is 9.59 Å². The molecule has 0 aliphatic carbocycles. The third-order valence-electron chi connectivity index (χ3n) is 2.94. The molecule has 0 aliphatic heterocycles. The summed E-state index contributed by atoms with van der Waals surface area (Å²) >= 11 is 0. The van der Waals surface area contributed by atoms with Gasteiger partial charge in [-0.25, -0.2) is 4.79 Å². The van der Waals surface area contributed by atoms with E-state index in [0.29, 0.717) is 17.0 Å². The van der Waals surface area contributed by atoms with E-state index < -0.39 is 0 Å². The summed E-state index contributed by atoms with van der Waals surface area (Å²) < 4.78 is 7.97. The van der Waals surface area contributed by atoms with Gasteiger partial charge in [-0.2, -0.15) is 0 Å². The van der Waals surface area contributed by atoms with Crippen LogP contribution in [0.2, 0.25) is 0 Å². The lowest BCUT2D eigenvalue weighted by Gasteiger charge is -2.09. The summed E-state index contributed by atoms with van der Waals surface area (Å²) in [5.74, 6) is 1.23. The Balaban J connectivity index is 2.88. The van der Waals surface area contributed by atoms with Crippen molar-refractivity contribution in [2.75, 3.05) is 0 Å². The van der Waals surface area contributed by atoms with E-state index in [4.69, 9.17) is 4.42 Å². The fourth-order valence-corrected chi connectivity index (χ4v) is 1.80. The molecule has 0 amide bonds. The van der Waals surface area contributed by atoms with Crippen LogP contribution in [0.1, 0.15) is 11.5 Å². The summed E-state index contributed by atoms with van der Waals surface area (Å²) in [7, 11) is 3.10. The number of furan rings is 1. The van der Waals surface area contributed by atoms with Gasteiger partial charge < -0.3 is 8.98 Å². The Bertz CT molecular complexity index is 689. The van der Waals surface area contributed by atoms with Crippen molar-refractivity contribution < 1.29 is 4.42 Å². The first-order chi connectivity index (χ1) is 7.93. The van der Waals surface area contributed by atoms with Crippen LogP contribution < -0.4 is 11.2 Å². The average Bonchev–Trinajstić information content (AvgIpc) is 2.71. The van der Waals surface area contributed by atoms with E-state index in [2.05, 4.69) is 0 Å². The van der Waals surface area contributed by atoms with Gasteiger partial charge in [0.1, 0.15) is 17.1 Å². The minimum absolute atomic E-state index is 0.333. The largest absolute Gasteiger partial charge is 0.461 e. The van der Waals surface area contributed by atoms with Crippen molar-refractivity contribution in [3.63, 3.8) is 0 Å². The van der Waals surface area contributed by atoms with Crippen LogP contribution in [-0.4, -0.2) is 9.13 Å². The molecule has 0 saturated heterocycles. The monoisotopic (exact) mass is 234 g/mol. The zero-order valence-electron chi connectivity index (χ0n) is 10.3. The Labute approximate surface area is 97.9 Å².